The van der Waals surface area contributed by atoms with Crippen LogP contribution in [0.25, 0.3) is 11.1 Å². The molecule has 1 fully saturated rings. The number of rotatable bonds is 9. The van der Waals surface area contributed by atoms with Crippen LogP contribution in [0.3, 0.4) is 0 Å². The molecule has 0 spiro atoms. The Labute approximate surface area is 176 Å². The van der Waals surface area contributed by atoms with Crippen molar-refractivity contribution in [2.24, 2.45) is 0 Å². The lowest BCUT2D eigenvalue weighted by Crippen LogP contribution is -2.28. The van der Waals surface area contributed by atoms with Crippen molar-refractivity contribution < 1.29 is 27.4 Å². The molecule has 1 aliphatic heterocycles. The van der Waals surface area contributed by atoms with Crippen LogP contribution >= 0.6 is 0 Å². The fourth-order valence-corrected chi connectivity index (χ4v) is 3.71. The summed E-state index contributed by atoms with van der Waals surface area (Å²) >= 11 is 0. The van der Waals surface area contributed by atoms with Crippen molar-refractivity contribution in [3.05, 3.63) is 53.3 Å². The van der Waals surface area contributed by atoms with E-state index in [0.29, 0.717) is 26.1 Å². The molecule has 0 aliphatic carbocycles. The van der Waals surface area contributed by atoms with Crippen molar-refractivity contribution in [2.75, 3.05) is 19.8 Å². The highest BCUT2D eigenvalue weighted by atomic mass is 19.2. The number of hydrogen-bond acceptors (Lipinski definition) is 3. The topological polar surface area (TPSA) is 27.7 Å². The summed E-state index contributed by atoms with van der Waals surface area (Å²) in [7, 11) is 0. The van der Waals surface area contributed by atoms with E-state index in [1.54, 1.807) is 13.0 Å². The largest absolute Gasteiger partial charge is 0.491 e. The second-order valence-electron chi connectivity index (χ2n) is 7.52. The van der Waals surface area contributed by atoms with Gasteiger partial charge in [0.15, 0.2) is 29.5 Å². The molecule has 2 atom stereocenters. The Morgan fingerprint density at radius 3 is 2.50 bits per heavy atom. The maximum Gasteiger partial charge on any atom is 0.166 e. The number of hydrogen-bond donors (Lipinski definition) is 0. The third-order valence-electron chi connectivity index (χ3n) is 5.38. The van der Waals surface area contributed by atoms with Gasteiger partial charge in [-0.05, 0) is 49.4 Å². The zero-order valence-corrected chi connectivity index (χ0v) is 17.6. The number of ether oxygens (including phenoxy) is 3. The second-order valence-corrected chi connectivity index (χ2v) is 7.52. The SMILES string of the molecule is CCCCCOC1CCC(c2ccc(-c3ccc(OCC)c(F)c3)c(F)c2F)CO1. The highest BCUT2D eigenvalue weighted by molar-refractivity contribution is 5.66. The Balaban J connectivity index is 1.68. The van der Waals surface area contributed by atoms with Crippen molar-refractivity contribution in [3.63, 3.8) is 0 Å². The van der Waals surface area contributed by atoms with Crippen molar-refractivity contribution in [1.82, 2.24) is 0 Å². The van der Waals surface area contributed by atoms with Crippen molar-refractivity contribution in [1.29, 1.82) is 0 Å². The van der Waals surface area contributed by atoms with E-state index < -0.39 is 17.5 Å². The molecular formula is C24H29F3O3. The molecule has 6 heteroatoms. The highest BCUT2D eigenvalue weighted by Crippen LogP contribution is 2.35. The normalized spacial score (nSPS) is 19.1. The summed E-state index contributed by atoms with van der Waals surface area (Å²) < 4.78 is 60.3. The van der Waals surface area contributed by atoms with Gasteiger partial charge < -0.3 is 14.2 Å². The summed E-state index contributed by atoms with van der Waals surface area (Å²) in [5, 5.41) is 0. The maximum absolute atomic E-state index is 14.8. The van der Waals surface area contributed by atoms with Crippen LogP contribution in [-0.4, -0.2) is 26.1 Å². The van der Waals surface area contributed by atoms with Crippen molar-refractivity contribution in [3.8, 4) is 16.9 Å². The molecule has 1 saturated heterocycles. The van der Waals surface area contributed by atoms with Crippen LogP contribution in [0.2, 0.25) is 0 Å². The van der Waals surface area contributed by atoms with E-state index in [9.17, 15) is 13.2 Å². The molecule has 1 heterocycles. The molecule has 0 saturated carbocycles. The summed E-state index contributed by atoms with van der Waals surface area (Å²) in [6.45, 7) is 5.14. The number of halogens is 3. The molecule has 2 aromatic rings. The molecule has 0 amide bonds. The Bertz CT molecular complexity index is 833. The number of unbranched alkanes of at least 4 members (excludes halogenated alkanes) is 2. The molecule has 0 N–H and O–H groups in total. The summed E-state index contributed by atoms with van der Waals surface area (Å²) in [5.74, 6) is -2.64. The highest BCUT2D eigenvalue weighted by Gasteiger charge is 2.27. The van der Waals surface area contributed by atoms with E-state index >= 15 is 0 Å². The van der Waals surface area contributed by atoms with Crippen LogP contribution in [0.1, 0.15) is 57.4 Å². The van der Waals surface area contributed by atoms with Gasteiger partial charge >= 0.3 is 0 Å². The summed E-state index contributed by atoms with van der Waals surface area (Å²) in [6.07, 6.45) is 4.26. The van der Waals surface area contributed by atoms with E-state index in [1.807, 2.05) is 0 Å². The molecule has 30 heavy (non-hydrogen) atoms. The zero-order valence-electron chi connectivity index (χ0n) is 17.6. The zero-order chi connectivity index (χ0) is 21.5. The van der Waals surface area contributed by atoms with Crippen LogP contribution < -0.4 is 4.74 Å². The average molecular weight is 422 g/mol. The molecule has 1 aliphatic rings. The van der Waals surface area contributed by atoms with E-state index in [0.717, 1.165) is 25.3 Å². The Morgan fingerprint density at radius 1 is 1.00 bits per heavy atom. The van der Waals surface area contributed by atoms with Gasteiger partial charge in [-0.1, -0.05) is 38.0 Å². The van der Waals surface area contributed by atoms with Crippen molar-refractivity contribution >= 4 is 0 Å². The van der Waals surface area contributed by atoms with Gasteiger partial charge in [-0.15, -0.1) is 0 Å². The molecule has 0 aromatic heterocycles. The van der Waals surface area contributed by atoms with Crippen LogP contribution in [0.15, 0.2) is 30.3 Å². The predicted molar refractivity (Wildman–Crippen MR) is 110 cm³/mol. The summed E-state index contributed by atoms with van der Waals surface area (Å²) in [4.78, 5) is 0. The molecule has 3 nitrogen and oxygen atoms in total. The van der Waals surface area contributed by atoms with Crippen LogP contribution in [-0.2, 0) is 9.47 Å². The minimum atomic E-state index is -0.978. The molecule has 164 valence electrons. The van der Waals surface area contributed by atoms with Gasteiger partial charge in [0.05, 0.1) is 13.2 Å². The predicted octanol–water partition coefficient (Wildman–Crippen LogP) is 6.60. The third-order valence-corrected chi connectivity index (χ3v) is 5.38. The van der Waals surface area contributed by atoms with Gasteiger partial charge in [-0.25, -0.2) is 13.2 Å². The van der Waals surface area contributed by atoms with E-state index in [-0.39, 0.29) is 41.3 Å². The minimum Gasteiger partial charge on any atom is -0.491 e. The molecule has 0 bridgehead atoms. The maximum atomic E-state index is 14.8. The van der Waals surface area contributed by atoms with Crippen LogP contribution in [0.4, 0.5) is 13.2 Å². The van der Waals surface area contributed by atoms with Crippen LogP contribution in [0.5, 0.6) is 5.75 Å². The fraction of sp³-hybridized carbons (Fsp3) is 0.500. The van der Waals surface area contributed by atoms with Gasteiger partial charge in [0.25, 0.3) is 0 Å². The first-order chi connectivity index (χ1) is 14.5. The van der Waals surface area contributed by atoms with Gasteiger partial charge in [0.1, 0.15) is 0 Å². The molecule has 2 unspecified atom stereocenters. The lowest BCUT2D eigenvalue weighted by molar-refractivity contribution is -0.168. The van der Waals surface area contributed by atoms with E-state index in [2.05, 4.69) is 6.92 Å². The molecule has 2 aromatic carbocycles. The third kappa shape index (κ3) is 5.35. The quantitative estimate of drug-likeness (QED) is 0.426. The minimum absolute atomic E-state index is 0.0204. The van der Waals surface area contributed by atoms with E-state index in [1.165, 1.54) is 18.2 Å². The monoisotopic (exact) mass is 422 g/mol. The van der Waals surface area contributed by atoms with Gasteiger partial charge in [-0.3, -0.25) is 0 Å². The molecular weight excluding hydrogens is 393 g/mol. The number of benzene rings is 2. The summed E-state index contributed by atoms with van der Waals surface area (Å²) in [5.41, 5.74) is 0.568. The first kappa shape index (κ1) is 22.6. The van der Waals surface area contributed by atoms with Gasteiger partial charge in [0.2, 0.25) is 0 Å². The Morgan fingerprint density at radius 2 is 1.83 bits per heavy atom. The first-order valence-corrected chi connectivity index (χ1v) is 10.7. The lowest BCUT2D eigenvalue weighted by atomic mass is 9.90. The van der Waals surface area contributed by atoms with Gasteiger partial charge in [0, 0.05) is 18.1 Å². The van der Waals surface area contributed by atoms with Crippen LogP contribution in [0, 0.1) is 17.5 Å². The summed E-state index contributed by atoms with van der Waals surface area (Å²) in [6, 6.07) is 7.17. The first-order valence-electron chi connectivity index (χ1n) is 10.7. The van der Waals surface area contributed by atoms with E-state index in [4.69, 9.17) is 14.2 Å². The van der Waals surface area contributed by atoms with Crippen molar-refractivity contribution in [2.45, 2.75) is 58.2 Å². The lowest BCUT2D eigenvalue weighted by Gasteiger charge is -2.29. The Kier molecular flexibility index (Phi) is 8.16. The fourth-order valence-electron chi connectivity index (χ4n) is 3.71. The Hall–Kier alpha value is -2.05. The molecule has 3 rings (SSSR count). The average Bonchev–Trinajstić information content (AvgIpc) is 2.75. The standard InChI is InChI=1S/C24H29F3O3/c1-3-5-6-13-29-22-12-8-17(15-30-22)19-10-9-18(23(26)24(19)27)16-7-11-21(28-4-2)20(25)14-16/h7,9-11,14,17,22H,3-6,8,12-13,15H2,1-2H3. The smallest absolute Gasteiger partial charge is 0.166 e. The second kappa shape index (κ2) is 10.8. The molecule has 0 radical (unpaired) electrons. The van der Waals surface area contributed by atoms with Gasteiger partial charge in [-0.2, -0.15) is 0 Å².